The topological polar surface area (TPSA) is 107 Å². The van der Waals surface area contributed by atoms with E-state index in [2.05, 4.69) is 4.72 Å². The van der Waals surface area contributed by atoms with E-state index in [9.17, 15) is 23.4 Å². The largest absolute Gasteiger partial charge is 0.388 e. The molecule has 0 aromatic carbocycles. The normalized spacial score (nSPS) is 23.2. The molecule has 1 amide bonds. The number of thiophene rings is 1. The Balaban J connectivity index is 1.80. The number of amides is 1. The first-order chi connectivity index (χ1) is 9.40. The van der Waals surface area contributed by atoms with Crippen molar-refractivity contribution in [3.05, 3.63) is 17.5 Å². The summed E-state index contributed by atoms with van der Waals surface area (Å²) in [6.45, 7) is 0.150. The molecule has 112 valence electrons. The molecule has 0 spiro atoms. The minimum atomic E-state index is -3.56. The van der Waals surface area contributed by atoms with Gasteiger partial charge in [0.1, 0.15) is 4.21 Å². The van der Waals surface area contributed by atoms with Crippen molar-refractivity contribution in [1.29, 1.82) is 0 Å². The molecule has 9 heteroatoms. The number of nitrogens with zero attached hydrogens (tertiary/aromatic N) is 1. The van der Waals surface area contributed by atoms with E-state index in [4.69, 9.17) is 0 Å². The number of aliphatic hydroxyl groups is 2. The fourth-order valence-corrected chi connectivity index (χ4v) is 3.98. The first-order valence-corrected chi connectivity index (χ1v) is 8.43. The molecule has 0 bridgehead atoms. The first-order valence-electron chi connectivity index (χ1n) is 6.07. The van der Waals surface area contributed by atoms with Crippen LogP contribution in [0.1, 0.15) is 6.42 Å². The van der Waals surface area contributed by atoms with Gasteiger partial charge in [-0.25, -0.2) is 13.1 Å². The van der Waals surface area contributed by atoms with Gasteiger partial charge in [-0.3, -0.25) is 4.79 Å². The van der Waals surface area contributed by atoms with E-state index in [0.717, 1.165) is 11.3 Å². The van der Waals surface area contributed by atoms with Crippen LogP contribution in [0.2, 0.25) is 0 Å². The van der Waals surface area contributed by atoms with Crippen LogP contribution in [0.3, 0.4) is 0 Å². The molecular weight excluding hydrogens is 304 g/mol. The van der Waals surface area contributed by atoms with Gasteiger partial charge in [0.25, 0.3) is 0 Å². The van der Waals surface area contributed by atoms with Gasteiger partial charge in [-0.2, -0.15) is 0 Å². The highest BCUT2D eigenvalue weighted by molar-refractivity contribution is 7.91. The molecule has 1 saturated heterocycles. The Morgan fingerprint density at radius 2 is 2.05 bits per heavy atom. The molecule has 2 atom stereocenters. The van der Waals surface area contributed by atoms with Crippen LogP contribution >= 0.6 is 11.3 Å². The maximum absolute atomic E-state index is 11.8. The zero-order valence-electron chi connectivity index (χ0n) is 10.6. The number of hydrogen-bond acceptors (Lipinski definition) is 6. The van der Waals surface area contributed by atoms with Gasteiger partial charge >= 0.3 is 0 Å². The molecule has 0 aliphatic carbocycles. The summed E-state index contributed by atoms with van der Waals surface area (Å²) >= 11 is 1.10. The summed E-state index contributed by atoms with van der Waals surface area (Å²) in [5.74, 6) is -0.297. The van der Waals surface area contributed by atoms with Crippen molar-refractivity contribution in [1.82, 2.24) is 9.62 Å². The molecule has 1 aromatic heterocycles. The van der Waals surface area contributed by atoms with Gasteiger partial charge in [0.15, 0.2) is 0 Å². The zero-order valence-corrected chi connectivity index (χ0v) is 12.2. The number of carbonyl (C=O) groups is 1. The minimum absolute atomic E-state index is 0.00988. The molecule has 1 aliphatic heterocycles. The summed E-state index contributed by atoms with van der Waals surface area (Å²) in [6, 6.07) is 3.12. The van der Waals surface area contributed by atoms with E-state index in [-0.39, 0.29) is 36.2 Å². The number of carbonyl (C=O) groups excluding carboxylic acids is 1. The fourth-order valence-electron chi connectivity index (χ4n) is 1.91. The Labute approximate surface area is 120 Å². The van der Waals surface area contributed by atoms with Crippen LogP contribution in [-0.4, -0.2) is 61.3 Å². The van der Waals surface area contributed by atoms with E-state index < -0.39 is 22.2 Å². The van der Waals surface area contributed by atoms with Crippen LogP contribution in [0, 0.1) is 0 Å². The summed E-state index contributed by atoms with van der Waals surface area (Å²) in [5.41, 5.74) is 0. The highest BCUT2D eigenvalue weighted by atomic mass is 32.2. The van der Waals surface area contributed by atoms with Gasteiger partial charge < -0.3 is 15.1 Å². The summed E-state index contributed by atoms with van der Waals surface area (Å²) < 4.78 is 26.1. The maximum atomic E-state index is 11.8. The van der Waals surface area contributed by atoms with Crippen LogP contribution < -0.4 is 4.72 Å². The average Bonchev–Trinajstić information content (AvgIpc) is 3.00. The molecule has 0 radical (unpaired) electrons. The van der Waals surface area contributed by atoms with Crippen LogP contribution in [0.4, 0.5) is 0 Å². The van der Waals surface area contributed by atoms with Crippen molar-refractivity contribution in [2.24, 2.45) is 0 Å². The molecule has 2 heterocycles. The number of hydrogen-bond donors (Lipinski definition) is 3. The monoisotopic (exact) mass is 320 g/mol. The fraction of sp³-hybridized carbons (Fsp3) is 0.545. The second-order valence-electron chi connectivity index (χ2n) is 4.51. The summed E-state index contributed by atoms with van der Waals surface area (Å²) in [5, 5.41) is 20.3. The molecule has 1 aliphatic rings. The first kappa shape index (κ1) is 15.4. The molecule has 2 rings (SSSR count). The van der Waals surface area contributed by atoms with Crippen molar-refractivity contribution >= 4 is 27.3 Å². The van der Waals surface area contributed by atoms with Gasteiger partial charge in [0, 0.05) is 26.1 Å². The Hall–Kier alpha value is -1.00. The quantitative estimate of drug-likeness (QED) is 0.644. The highest BCUT2D eigenvalue weighted by Crippen LogP contribution is 2.15. The van der Waals surface area contributed by atoms with Crippen LogP contribution in [-0.2, 0) is 14.8 Å². The molecule has 3 N–H and O–H groups in total. The predicted molar refractivity (Wildman–Crippen MR) is 72.7 cm³/mol. The van der Waals surface area contributed by atoms with E-state index in [1.807, 2.05) is 0 Å². The number of likely N-dealkylation sites (tertiary alicyclic amines) is 1. The van der Waals surface area contributed by atoms with Gasteiger partial charge in [-0.15, -0.1) is 11.3 Å². The molecule has 0 saturated carbocycles. The van der Waals surface area contributed by atoms with Crippen molar-refractivity contribution in [3.8, 4) is 0 Å². The average molecular weight is 320 g/mol. The van der Waals surface area contributed by atoms with Crippen LogP contribution in [0.15, 0.2) is 21.7 Å². The van der Waals surface area contributed by atoms with E-state index in [1.54, 1.807) is 11.4 Å². The van der Waals surface area contributed by atoms with Gasteiger partial charge in [-0.05, 0) is 11.4 Å². The molecule has 20 heavy (non-hydrogen) atoms. The second-order valence-corrected chi connectivity index (χ2v) is 7.45. The molecule has 1 aromatic rings. The molecular formula is C11H16N2O5S2. The number of β-amino-alcohol motifs (C(OH)–C–C–N with tert-alkyl or cyclic N) is 2. The smallest absolute Gasteiger partial charge is 0.250 e. The third-order valence-electron chi connectivity index (χ3n) is 3.00. The van der Waals surface area contributed by atoms with Crippen LogP contribution in [0.5, 0.6) is 0 Å². The van der Waals surface area contributed by atoms with Gasteiger partial charge in [-0.1, -0.05) is 6.07 Å². The third kappa shape index (κ3) is 3.55. The summed E-state index contributed by atoms with van der Waals surface area (Å²) in [7, 11) is -3.56. The van der Waals surface area contributed by atoms with E-state index in [1.165, 1.54) is 11.0 Å². The lowest BCUT2D eigenvalue weighted by molar-refractivity contribution is -0.130. The Morgan fingerprint density at radius 1 is 1.40 bits per heavy atom. The molecule has 7 nitrogen and oxygen atoms in total. The summed E-state index contributed by atoms with van der Waals surface area (Å²) in [6.07, 6.45) is -1.87. The molecule has 2 unspecified atom stereocenters. The third-order valence-corrected chi connectivity index (χ3v) is 5.86. The van der Waals surface area contributed by atoms with E-state index >= 15 is 0 Å². The maximum Gasteiger partial charge on any atom is 0.250 e. The standard InChI is InChI=1S/C11H16N2O5S2/c14-8-6-13(7-9(8)15)10(16)3-4-12-20(17,18)11-2-1-5-19-11/h1-2,5,8-9,12,14-15H,3-4,6-7H2. The van der Waals surface area contributed by atoms with Crippen LogP contribution in [0.25, 0.3) is 0 Å². The minimum Gasteiger partial charge on any atom is -0.388 e. The van der Waals surface area contributed by atoms with Crippen molar-refractivity contribution < 1.29 is 23.4 Å². The number of aliphatic hydroxyl groups excluding tert-OH is 2. The van der Waals surface area contributed by atoms with Crippen molar-refractivity contribution in [3.63, 3.8) is 0 Å². The molecule has 1 fully saturated rings. The van der Waals surface area contributed by atoms with Gasteiger partial charge in [0.05, 0.1) is 12.2 Å². The lowest BCUT2D eigenvalue weighted by Gasteiger charge is -2.15. The zero-order chi connectivity index (χ0) is 14.8. The lowest BCUT2D eigenvalue weighted by Crippen LogP contribution is -2.33. The Morgan fingerprint density at radius 3 is 2.60 bits per heavy atom. The summed E-state index contributed by atoms with van der Waals surface area (Å²) in [4.78, 5) is 13.1. The second kappa shape index (κ2) is 6.19. The number of rotatable bonds is 5. The predicted octanol–water partition coefficient (Wildman–Crippen LogP) is -1.02. The highest BCUT2D eigenvalue weighted by Gasteiger charge is 2.32. The van der Waals surface area contributed by atoms with E-state index in [0.29, 0.717) is 0 Å². The SMILES string of the molecule is O=C(CCNS(=O)(=O)c1cccs1)N1CC(O)C(O)C1. The Bertz CT molecular complexity index is 547. The Kier molecular flexibility index (Phi) is 4.76. The number of sulfonamides is 1. The van der Waals surface area contributed by atoms with Crippen molar-refractivity contribution in [2.45, 2.75) is 22.8 Å². The van der Waals surface area contributed by atoms with Crippen molar-refractivity contribution in [2.75, 3.05) is 19.6 Å². The van der Waals surface area contributed by atoms with Gasteiger partial charge in [0.2, 0.25) is 15.9 Å². The lowest BCUT2D eigenvalue weighted by atomic mass is 10.3. The number of nitrogens with one attached hydrogen (secondary N) is 1.